The number of aromatic nitrogens is 4. The number of aryl methyl sites for hydroxylation is 1. The molecule has 0 amide bonds. The predicted molar refractivity (Wildman–Crippen MR) is 113 cm³/mol. The smallest absolute Gasteiger partial charge is 0.234 e. The summed E-state index contributed by atoms with van der Waals surface area (Å²) in [5.74, 6) is 1.23. The molecule has 4 aromatic rings. The zero-order valence-corrected chi connectivity index (χ0v) is 17.3. The van der Waals surface area contributed by atoms with Gasteiger partial charge < -0.3 is 5.32 Å². The van der Waals surface area contributed by atoms with Crippen LogP contribution in [0.5, 0.6) is 0 Å². The number of benzene rings is 1. The van der Waals surface area contributed by atoms with Crippen LogP contribution in [0.1, 0.15) is 31.0 Å². The van der Waals surface area contributed by atoms with E-state index in [9.17, 15) is 0 Å². The molecular weight excluding hydrogens is 410 g/mol. The quantitative estimate of drug-likeness (QED) is 0.458. The van der Waals surface area contributed by atoms with Crippen molar-refractivity contribution in [3.8, 4) is 11.4 Å². The molecule has 3 aromatic heterocycles. The van der Waals surface area contributed by atoms with E-state index in [4.69, 9.17) is 4.98 Å². The molecule has 7 heteroatoms. The van der Waals surface area contributed by atoms with Crippen molar-refractivity contribution in [1.82, 2.24) is 19.4 Å². The van der Waals surface area contributed by atoms with Gasteiger partial charge in [-0.1, -0.05) is 26.0 Å². The second kappa shape index (κ2) is 7.55. The summed E-state index contributed by atoms with van der Waals surface area (Å²) in [6, 6.07) is 10.4. The molecule has 1 N–H and O–H groups in total. The van der Waals surface area contributed by atoms with Gasteiger partial charge >= 0.3 is 0 Å². The molecule has 4 rings (SSSR count). The van der Waals surface area contributed by atoms with E-state index in [1.807, 2.05) is 29.0 Å². The summed E-state index contributed by atoms with van der Waals surface area (Å²) >= 11 is 1.59. The number of hydrogen-bond acceptors (Lipinski definition) is 5. The van der Waals surface area contributed by atoms with Crippen molar-refractivity contribution in [2.24, 2.45) is 0 Å². The van der Waals surface area contributed by atoms with Crippen LogP contribution in [0.25, 0.3) is 17.2 Å². The average molecular weight is 430 g/mol. The third kappa shape index (κ3) is 3.50. The first kappa shape index (κ1) is 18.5. The van der Waals surface area contributed by atoms with Crippen LogP contribution in [0.2, 0.25) is 0 Å². The van der Waals surface area contributed by atoms with Gasteiger partial charge in [0.15, 0.2) is 5.13 Å². The second-order valence-corrected chi connectivity index (χ2v) is 7.13. The summed E-state index contributed by atoms with van der Waals surface area (Å²) in [5, 5.41) is 6.30. The third-order valence-corrected chi connectivity index (χ3v) is 4.91. The molecular formula is C19H20BrN5S. The summed E-state index contributed by atoms with van der Waals surface area (Å²) in [5.41, 5.74) is 5.20. The molecule has 0 unspecified atom stereocenters. The Labute approximate surface area is 166 Å². The lowest BCUT2D eigenvalue weighted by Gasteiger charge is -2.07. The van der Waals surface area contributed by atoms with Crippen molar-refractivity contribution in [2.45, 2.75) is 26.7 Å². The van der Waals surface area contributed by atoms with Crippen LogP contribution in [0.15, 0.2) is 48.1 Å². The summed E-state index contributed by atoms with van der Waals surface area (Å²) in [6.45, 7) is 6.38. The van der Waals surface area contributed by atoms with Gasteiger partial charge in [-0.3, -0.25) is 4.40 Å². The van der Waals surface area contributed by atoms with Gasteiger partial charge in [-0.25, -0.2) is 15.0 Å². The van der Waals surface area contributed by atoms with Crippen molar-refractivity contribution < 1.29 is 0 Å². The minimum Gasteiger partial charge on any atom is -0.332 e. The minimum absolute atomic E-state index is 0. The van der Waals surface area contributed by atoms with Crippen LogP contribution >= 0.6 is 28.3 Å². The molecule has 134 valence electrons. The van der Waals surface area contributed by atoms with Gasteiger partial charge in [0.2, 0.25) is 5.78 Å². The average Bonchev–Trinajstić information content (AvgIpc) is 3.18. The molecule has 1 aromatic carbocycles. The molecule has 0 saturated carbocycles. The Kier molecular flexibility index (Phi) is 5.38. The van der Waals surface area contributed by atoms with Crippen LogP contribution < -0.4 is 5.32 Å². The first-order valence-corrected chi connectivity index (χ1v) is 9.12. The number of rotatable bonds is 4. The van der Waals surface area contributed by atoms with E-state index in [1.165, 1.54) is 5.56 Å². The Morgan fingerprint density at radius 1 is 1.12 bits per heavy atom. The summed E-state index contributed by atoms with van der Waals surface area (Å²) < 4.78 is 1.98. The molecule has 0 spiro atoms. The van der Waals surface area contributed by atoms with Crippen molar-refractivity contribution in [3.63, 3.8) is 0 Å². The van der Waals surface area contributed by atoms with Crippen LogP contribution in [-0.4, -0.2) is 19.4 Å². The molecule has 0 radical (unpaired) electrons. The normalized spacial score (nSPS) is 10.9. The lowest BCUT2D eigenvalue weighted by Crippen LogP contribution is -1.93. The molecule has 0 aliphatic heterocycles. The predicted octanol–water partition coefficient (Wildman–Crippen LogP) is 5.61. The van der Waals surface area contributed by atoms with Crippen molar-refractivity contribution >= 4 is 44.9 Å². The van der Waals surface area contributed by atoms with E-state index >= 15 is 0 Å². The van der Waals surface area contributed by atoms with Gasteiger partial charge in [-0.2, -0.15) is 0 Å². The maximum atomic E-state index is 4.74. The number of halogens is 1. The van der Waals surface area contributed by atoms with E-state index in [1.54, 1.807) is 17.5 Å². The first-order valence-electron chi connectivity index (χ1n) is 8.24. The Morgan fingerprint density at radius 2 is 1.88 bits per heavy atom. The number of fused-ring (bicyclic) bond motifs is 1. The zero-order valence-electron chi connectivity index (χ0n) is 14.8. The highest BCUT2D eigenvalue weighted by atomic mass is 79.9. The lowest BCUT2D eigenvalue weighted by atomic mass is 10.0. The Morgan fingerprint density at radius 3 is 2.62 bits per heavy atom. The fraction of sp³-hybridized carbons (Fsp3) is 0.211. The molecule has 0 saturated heterocycles. The van der Waals surface area contributed by atoms with E-state index in [-0.39, 0.29) is 17.0 Å². The highest BCUT2D eigenvalue weighted by Crippen LogP contribution is 2.29. The fourth-order valence-electron chi connectivity index (χ4n) is 2.82. The van der Waals surface area contributed by atoms with E-state index in [0.717, 1.165) is 27.9 Å². The minimum atomic E-state index is 0. The number of hydrogen-bond donors (Lipinski definition) is 1. The second-order valence-electron chi connectivity index (χ2n) is 6.28. The lowest BCUT2D eigenvalue weighted by molar-refractivity contribution is 0.867. The summed E-state index contributed by atoms with van der Waals surface area (Å²) in [4.78, 5) is 13.5. The molecule has 3 heterocycles. The maximum absolute atomic E-state index is 4.74. The molecule has 0 aliphatic carbocycles. The summed E-state index contributed by atoms with van der Waals surface area (Å²) in [7, 11) is 0. The molecule has 5 nitrogen and oxygen atoms in total. The molecule has 0 bridgehead atoms. The number of nitrogens with one attached hydrogen (secondary N) is 1. The van der Waals surface area contributed by atoms with Crippen LogP contribution in [0, 0.1) is 6.92 Å². The number of anilines is 2. The highest BCUT2D eigenvalue weighted by Gasteiger charge is 2.14. The zero-order chi connectivity index (χ0) is 17.4. The van der Waals surface area contributed by atoms with Crippen LogP contribution in [0.4, 0.5) is 10.8 Å². The Hall–Kier alpha value is -2.25. The van der Waals surface area contributed by atoms with Crippen LogP contribution in [0.3, 0.4) is 0 Å². The number of imidazole rings is 1. The largest absolute Gasteiger partial charge is 0.332 e. The van der Waals surface area contributed by atoms with E-state index in [2.05, 4.69) is 53.4 Å². The van der Waals surface area contributed by atoms with Gasteiger partial charge in [0.05, 0.1) is 11.4 Å². The third-order valence-electron chi connectivity index (χ3n) is 4.15. The number of nitrogens with zero attached hydrogens (tertiary/aromatic N) is 4. The van der Waals surface area contributed by atoms with Gasteiger partial charge in [-0.05, 0) is 36.6 Å². The first-order chi connectivity index (χ1) is 12.1. The van der Waals surface area contributed by atoms with E-state index in [0.29, 0.717) is 11.7 Å². The van der Waals surface area contributed by atoms with Gasteiger partial charge in [0.25, 0.3) is 0 Å². The Balaban J connectivity index is 0.00000196. The molecule has 0 atom stereocenters. The fourth-order valence-corrected chi connectivity index (χ4v) is 3.54. The standard InChI is InChI=1S/C19H19N5S.BrH/c1-12(2)14-5-7-15(8-6-14)22-19-23-16(11-25-19)17-13(3)21-18-20-9-4-10-24(17)18;/h4-12H,1-3H3,(H,22,23);1H. The Bertz CT molecular complexity index is 1020. The number of thiazole rings is 1. The highest BCUT2D eigenvalue weighted by molar-refractivity contribution is 8.93. The SMILES string of the molecule is Br.Cc1nc2ncccn2c1-c1csc(Nc2ccc(C(C)C)cc2)n1. The van der Waals surface area contributed by atoms with Crippen LogP contribution in [-0.2, 0) is 0 Å². The monoisotopic (exact) mass is 429 g/mol. The molecule has 0 fully saturated rings. The van der Waals surface area contributed by atoms with Crippen molar-refractivity contribution in [3.05, 3.63) is 59.4 Å². The summed E-state index contributed by atoms with van der Waals surface area (Å²) in [6.07, 6.45) is 3.72. The van der Waals surface area contributed by atoms with Crippen molar-refractivity contribution in [2.75, 3.05) is 5.32 Å². The molecule has 0 aliphatic rings. The topological polar surface area (TPSA) is 55.1 Å². The van der Waals surface area contributed by atoms with Gasteiger partial charge in [0.1, 0.15) is 5.69 Å². The molecule has 26 heavy (non-hydrogen) atoms. The maximum Gasteiger partial charge on any atom is 0.234 e. The van der Waals surface area contributed by atoms with Gasteiger partial charge in [-0.15, -0.1) is 28.3 Å². The van der Waals surface area contributed by atoms with Crippen molar-refractivity contribution in [1.29, 1.82) is 0 Å². The van der Waals surface area contributed by atoms with Gasteiger partial charge in [0, 0.05) is 23.5 Å². The van der Waals surface area contributed by atoms with E-state index < -0.39 is 0 Å².